The van der Waals surface area contributed by atoms with Gasteiger partial charge in [0.05, 0.1) is 33.0 Å². The van der Waals surface area contributed by atoms with E-state index in [-0.39, 0.29) is 75.8 Å². The summed E-state index contributed by atoms with van der Waals surface area (Å²) in [5, 5.41) is 42.6. The van der Waals surface area contributed by atoms with Crippen LogP contribution in [-0.4, -0.2) is 129 Å². The monoisotopic (exact) mass is 857 g/mol. The van der Waals surface area contributed by atoms with Gasteiger partial charge in [-0.1, -0.05) is 30.3 Å². The van der Waals surface area contributed by atoms with Crippen molar-refractivity contribution in [3.8, 4) is 5.75 Å². The predicted molar refractivity (Wildman–Crippen MR) is 226 cm³/mol. The SMILES string of the molecule is COCCOCCOCCC(=O)NCCCCC(NC(=O)C(Cc1c(C)cc(O)cc1C)NC(=O)C(CCCNC(=N)N)NC(=O)O)C(=O)NC(Cc1ccccc1)C(N)=O. The van der Waals surface area contributed by atoms with Crippen molar-refractivity contribution in [1.29, 1.82) is 5.41 Å². The van der Waals surface area contributed by atoms with E-state index >= 15 is 0 Å². The number of nitrogens with two attached hydrogens (primary N) is 2. The third-order valence-electron chi connectivity index (χ3n) is 9.42. The summed E-state index contributed by atoms with van der Waals surface area (Å²) in [5.74, 6) is -3.67. The molecule has 0 aliphatic rings. The van der Waals surface area contributed by atoms with Gasteiger partial charge in [0.1, 0.15) is 29.9 Å². The van der Waals surface area contributed by atoms with Gasteiger partial charge in [-0.05, 0) is 80.3 Å². The van der Waals surface area contributed by atoms with Gasteiger partial charge in [-0.15, -0.1) is 0 Å². The fraction of sp³-hybridized carbons (Fsp3) is 0.537. The van der Waals surface area contributed by atoms with Crippen molar-refractivity contribution >= 4 is 41.6 Å². The molecule has 13 N–H and O–H groups in total. The quantitative estimate of drug-likeness (QED) is 0.0280. The van der Waals surface area contributed by atoms with Crippen LogP contribution in [0.3, 0.4) is 0 Å². The van der Waals surface area contributed by atoms with E-state index in [1.165, 1.54) is 12.1 Å². The molecule has 0 heterocycles. The number of hydrogen-bond donors (Lipinski definition) is 11. The van der Waals surface area contributed by atoms with Crippen LogP contribution in [0.1, 0.15) is 60.8 Å². The van der Waals surface area contributed by atoms with E-state index in [1.54, 1.807) is 51.3 Å². The zero-order chi connectivity index (χ0) is 45.2. The van der Waals surface area contributed by atoms with Crippen molar-refractivity contribution < 1.29 is 53.2 Å². The lowest BCUT2D eigenvalue weighted by Crippen LogP contribution is -2.58. The number of amides is 6. The average molecular weight is 858 g/mol. The normalized spacial score (nSPS) is 12.8. The first-order valence-corrected chi connectivity index (χ1v) is 20.1. The summed E-state index contributed by atoms with van der Waals surface area (Å²) in [6.45, 7) is 5.68. The minimum absolute atomic E-state index is 0.00559. The zero-order valence-corrected chi connectivity index (χ0v) is 35.2. The molecule has 0 aromatic heterocycles. The standard InChI is InChI=1S/C41H63N9O11/c1-26-22-29(51)23-27(2)30(26)25-34(49-38(55)32(50-41(57)58)13-9-16-46-40(43)44)39(56)47-31(37(54)48-33(36(42)53)24-28-10-5-4-6-11-28)12-7-8-15-45-35(52)14-17-60-20-21-61-19-18-59-3/h4-6,10-11,22-23,31-34,50-51H,7-9,12-21,24-25H2,1-3H3,(H2,42,53)(H,45,52)(H,47,56)(H,48,54)(H,49,55)(H,57,58)(H4,43,44,46). The molecule has 0 spiro atoms. The van der Waals surface area contributed by atoms with Crippen LogP contribution in [0, 0.1) is 19.3 Å². The van der Waals surface area contributed by atoms with Crippen LogP contribution in [0.15, 0.2) is 42.5 Å². The van der Waals surface area contributed by atoms with Gasteiger partial charge in [0.25, 0.3) is 0 Å². The molecule has 0 saturated carbocycles. The topological polar surface area (TPSA) is 319 Å². The summed E-state index contributed by atoms with van der Waals surface area (Å²) < 4.78 is 15.7. The second kappa shape index (κ2) is 28.5. The van der Waals surface area contributed by atoms with E-state index in [9.17, 15) is 39.0 Å². The maximum Gasteiger partial charge on any atom is 0.405 e. The van der Waals surface area contributed by atoms with E-state index in [4.69, 9.17) is 31.1 Å². The molecule has 0 aliphatic heterocycles. The number of unbranched alkanes of at least 4 members (excludes halogenated alkanes) is 1. The van der Waals surface area contributed by atoms with Gasteiger partial charge in [-0.2, -0.15) is 0 Å². The zero-order valence-electron chi connectivity index (χ0n) is 35.2. The Morgan fingerprint density at radius 2 is 1.23 bits per heavy atom. The summed E-state index contributed by atoms with van der Waals surface area (Å²) in [6, 6.07) is 6.84. The number of rotatable bonds is 30. The van der Waals surface area contributed by atoms with Crippen LogP contribution in [0.25, 0.3) is 0 Å². The van der Waals surface area contributed by atoms with Crippen molar-refractivity contribution in [1.82, 2.24) is 31.9 Å². The Morgan fingerprint density at radius 1 is 0.689 bits per heavy atom. The van der Waals surface area contributed by atoms with Crippen molar-refractivity contribution in [3.05, 3.63) is 64.7 Å². The molecule has 0 aliphatic carbocycles. The lowest BCUT2D eigenvalue weighted by Gasteiger charge is -2.27. The van der Waals surface area contributed by atoms with E-state index in [0.29, 0.717) is 56.0 Å². The van der Waals surface area contributed by atoms with Crippen LogP contribution in [0.2, 0.25) is 0 Å². The number of carbonyl (C=O) groups excluding carboxylic acids is 5. The van der Waals surface area contributed by atoms with Gasteiger partial charge in [0, 0.05) is 39.5 Å². The molecule has 6 amide bonds. The van der Waals surface area contributed by atoms with Crippen molar-refractivity contribution in [2.24, 2.45) is 11.5 Å². The van der Waals surface area contributed by atoms with Gasteiger partial charge < -0.3 is 67.8 Å². The number of primary amides is 1. The maximum atomic E-state index is 14.3. The molecule has 4 unspecified atom stereocenters. The molecule has 2 aromatic rings. The van der Waals surface area contributed by atoms with Gasteiger partial charge in [-0.25, -0.2) is 4.79 Å². The Kier molecular flexibility index (Phi) is 23.9. The second-order valence-corrected chi connectivity index (χ2v) is 14.3. The van der Waals surface area contributed by atoms with Crippen LogP contribution in [0.4, 0.5) is 4.79 Å². The first-order chi connectivity index (χ1) is 29.1. The fourth-order valence-electron chi connectivity index (χ4n) is 6.23. The highest BCUT2D eigenvalue weighted by atomic mass is 16.5. The number of guanidine groups is 1. The summed E-state index contributed by atoms with van der Waals surface area (Å²) in [7, 11) is 1.58. The lowest BCUT2D eigenvalue weighted by molar-refractivity contribution is -0.133. The number of aryl methyl sites for hydroxylation is 2. The largest absolute Gasteiger partial charge is 0.508 e. The Hall–Kier alpha value is -5.99. The number of carboxylic acid groups (broad SMARTS) is 1. The van der Waals surface area contributed by atoms with Crippen LogP contribution in [-0.2, 0) is 51.0 Å². The summed E-state index contributed by atoms with van der Waals surface area (Å²) >= 11 is 0. The summed E-state index contributed by atoms with van der Waals surface area (Å²) in [5.41, 5.74) is 13.6. The van der Waals surface area contributed by atoms with Crippen LogP contribution >= 0.6 is 0 Å². The first-order valence-electron chi connectivity index (χ1n) is 20.1. The molecule has 20 heteroatoms. The Balaban J connectivity index is 2.28. The van der Waals surface area contributed by atoms with Gasteiger partial charge >= 0.3 is 6.09 Å². The molecule has 61 heavy (non-hydrogen) atoms. The molecule has 338 valence electrons. The smallest absolute Gasteiger partial charge is 0.405 e. The molecular formula is C41H63N9O11. The molecule has 0 radical (unpaired) electrons. The highest BCUT2D eigenvalue weighted by Crippen LogP contribution is 2.22. The number of phenolic OH excluding ortho intramolecular Hbond substituents is 1. The van der Waals surface area contributed by atoms with Gasteiger partial charge in [0.2, 0.25) is 29.5 Å². The van der Waals surface area contributed by atoms with E-state index in [1.807, 2.05) is 0 Å². The molecule has 20 nitrogen and oxygen atoms in total. The Labute approximate surface area is 356 Å². The molecule has 0 fully saturated rings. The number of ether oxygens (including phenoxy) is 3. The van der Waals surface area contributed by atoms with Crippen LogP contribution < -0.4 is 43.4 Å². The number of phenols is 1. The molecule has 2 rings (SSSR count). The summed E-state index contributed by atoms with van der Waals surface area (Å²) in [4.78, 5) is 78.4. The second-order valence-electron chi connectivity index (χ2n) is 14.3. The van der Waals surface area contributed by atoms with Gasteiger partial charge in [0.15, 0.2) is 5.96 Å². The molecule has 4 atom stereocenters. The summed E-state index contributed by atoms with van der Waals surface area (Å²) in [6.07, 6.45) is -0.362. The van der Waals surface area contributed by atoms with E-state index in [2.05, 4.69) is 31.9 Å². The van der Waals surface area contributed by atoms with E-state index in [0.717, 1.165) is 5.56 Å². The fourth-order valence-corrected chi connectivity index (χ4v) is 6.23. The first kappa shape index (κ1) is 51.2. The number of aromatic hydroxyl groups is 1. The minimum atomic E-state index is -1.48. The lowest BCUT2D eigenvalue weighted by atomic mass is 9.95. The third kappa shape index (κ3) is 21.2. The number of nitrogens with one attached hydrogen (secondary N) is 7. The molecular weight excluding hydrogens is 795 g/mol. The average Bonchev–Trinajstić information content (AvgIpc) is 3.19. The molecule has 2 aromatic carbocycles. The van der Waals surface area contributed by atoms with E-state index < -0.39 is 53.9 Å². The maximum absolute atomic E-state index is 14.3. The molecule has 0 saturated heterocycles. The van der Waals surface area contributed by atoms with Gasteiger partial charge in [-0.3, -0.25) is 29.4 Å². The number of hydrogen-bond acceptors (Lipinski definition) is 11. The van der Waals surface area contributed by atoms with Crippen LogP contribution in [0.5, 0.6) is 5.75 Å². The van der Waals surface area contributed by atoms with Crippen molar-refractivity contribution in [2.75, 3.05) is 53.2 Å². The highest BCUT2D eigenvalue weighted by Gasteiger charge is 2.32. The highest BCUT2D eigenvalue weighted by molar-refractivity contribution is 5.95. The number of benzene rings is 2. The Bertz CT molecular complexity index is 1710. The number of carbonyl (C=O) groups is 6. The van der Waals surface area contributed by atoms with Crippen molar-refractivity contribution in [3.63, 3.8) is 0 Å². The minimum Gasteiger partial charge on any atom is -0.508 e. The van der Waals surface area contributed by atoms with Crippen molar-refractivity contribution in [2.45, 2.75) is 89.4 Å². The molecule has 0 bridgehead atoms. The predicted octanol–water partition coefficient (Wildman–Crippen LogP) is -0.0104. The Morgan fingerprint density at radius 3 is 1.84 bits per heavy atom. The number of methoxy groups -OCH3 is 1. The third-order valence-corrected chi connectivity index (χ3v) is 9.42.